The Morgan fingerprint density at radius 1 is 1.36 bits per heavy atom. The predicted molar refractivity (Wildman–Crippen MR) is 90.8 cm³/mol. The van der Waals surface area contributed by atoms with Crippen LogP contribution in [0.5, 0.6) is 0 Å². The molecular weight excluding hydrogens is 394 g/mol. The lowest BCUT2D eigenvalue weighted by molar-refractivity contribution is -0.147. The average Bonchev–Trinajstić information content (AvgIpc) is 3.16. The fourth-order valence-corrected chi connectivity index (χ4v) is 3.02. The summed E-state index contributed by atoms with van der Waals surface area (Å²) < 4.78 is 16.7. The van der Waals surface area contributed by atoms with Crippen molar-refractivity contribution in [1.29, 1.82) is 0 Å². The zero-order valence-electron chi connectivity index (χ0n) is 13.5. The third-order valence-electron chi connectivity index (χ3n) is 3.85. The maximum absolute atomic E-state index is 12.1. The van der Waals surface area contributed by atoms with Gasteiger partial charge in [0.05, 0.1) is 12.2 Å². The first-order valence-electron chi connectivity index (χ1n) is 7.83. The Labute approximate surface area is 151 Å². The van der Waals surface area contributed by atoms with Gasteiger partial charge in [-0.25, -0.2) is 9.59 Å². The molecule has 8 heteroatoms. The highest BCUT2D eigenvalue weighted by atomic mass is 79.9. The van der Waals surface area contributed by atoms with Gasteiger partial charge in [0.2, 0.25) is 11.7 Å². The lowest BCUT2D eigenvalue weighted by Crippen LogP contribution is -2.34. The van der Waals surface area contributed by atoms with Crippen LogP contribution >= 0.6 is 15.9 Å². The van der Waals surface area contributed by atoms with Gasteiger partial charge in [0.1, 0.15) is 18.2 Å². The van der Waals surface area contributed by atoms with E-state index in [9.17, 15) is 14.4 Å². The second-order valence-corrected chi connectivity index (χ2v) is 6.45. The Balaban J connectivity index is 1.86. The quantitative estimate of drug-likeness (QED) is 0.762. The number of furan rings is 1. The van der Waals surface area contributed by atoms with Gasteiger partial charge in [-0.1, -0.05) is 15.9 Å². The summed E-state index contributed by atoms with van der Waals surface area (Å²) in [5.74, 6) is -1.31. The smallest absolute Gasteiger partial charge is 0.374 e. The number of hydrogen-bond donors (Lipinski definition) is 1. The van der Waals surface area contributed by atoms with Crippen LogP contribution in [0.2, 0.25) is 0 Å². The van der Waals surface area contributed by atoms with E-state index in [1.807, 2.05) is 0 Å². The van der Waals surface area contributed by atoms with Gasteiger partial charge in [-0.2, -0.15) is 0 Å². The Morgan fingerprint density at radius 2 is 2.16 bits per heavy atom. The Bertz CT molecular complexity index is 843. The van der Waals surface area contributed by atoms with Crippen LogP contribution in [0.3, 0.4) is 0 Å². The highest BCUT2D eigenvalue weighted by Gasteiger charge is 2.30. The van der Waals surface area contributed by atoms with Crippen LogP contribution in [-0.2, 0) is 25.7 Å². The van der Waals surface area contributed by atoms with Crippen LogP contribution < -0.4 is 5.32 Å². The monoisotopic (exact) mass is 409 g/mol. The second kappa shape index (κ2) is 7.26. The Morgan fingerprint density at radius 3 is 2.84 bits per heavy atom. The van der Waals surface area contributed by atoms with Crippen LogP contribution in [0.1, 0.15) is 35.9 Å². The lowest BCUT2D eigenvalue weighted by Gasteiger charge is -2.10. The number of esters is 2. The van der Waals surface area contributed by atoms with Crippen LogP contribution in [0.25, 0.3) is 11.0 Å². The predicted octanol–water partition coefficient (Wildman–Crippen LogP) is 2.69. The number of carbonyl (C=O) groups excluding carboxylic acids is 3. The minimum atomic E-state index is -0.650. The molecule has 1 fully saturated rings. The number of halogens is 1. The van der Waals surface area contributed by atoms with E-state index in [2.05, 4.69) is 21.2 Å². The highest BCUT2D eigenvalue weighted by Crippen LogP contribution is 2.30. The number of fused-ring (bicyclic) bond motifs is 1. The van der Waals surface area contributed by atoms with Gasteiger partial charge in [-0.05, 0) is 31.5 Å². The normalized spacial score (nSPS) is 16.7. The van der Waals surface area contributed by atoms with E-state index in [-0.39, 0.29) is 24.9 Å². The molecule has 1 aliphatic heterocycles. The van der Waals surface area contributed by atoms with Gasteiger partial charge in [0.25, 0.3) is 0 Å². The minimum Gasteiger partial charge on any atom is -0.460 e. The molecule has 132 valence electrons. The molecule has 0 aliphatic carbocycles. The van der Waals surface area contributed by atoms with Gasteiger partial charge in [-0.3, -0.25) is 4.79 Å². The SMILES string of the molecule is CCOC(=O)c1oc2ccc(Br)cc2c1COC(=O)[C@@H]1CCC(=O)N1. The van der Waals surface area contributed by atoms with Gasteiger partial charge < -0.3 is 19.2 Å². The largest absolute Gasteiger partial charge is 0.460 e. The second-order valence-electron chi connectivity index (χ2n) is 5.54. The zero-order valence-corrected chi connectivity index (χ0v) is 15.1. The molecule has 1 N–H and O–H groups in total. The van der Waals surface area contributed by atoms with E-state index in [0.29, 0.717) is 29.4 Å². The van der Waals surface area contributed by atoms with Crippen LogP contribution in [0, 0.1) is 0 Å². The van der Waals surface area contributed by atoms with E-state index in [4.69, 9.17) is 13.9 Å². The lowest BCUT2D eigenvalue weighted by atomic mass is 10.1. The fourth-order valence-electron chi connectivity index (χ4n) is 2.66. The Hall–Kier alpha value is -2.35. The van der Waals surface area contributed by atoms with Crippen molar-refractivity contribution in [3.05, 3.63) is 34.0 Å². The first kappa shape index (κ1) is 17.5. The molecule has 2 heterocycles. The first-order valence-corrected chi connectivity index (χ1v) is 8.63. The third-order valence-corrected chi connectivity index (χ3v) is 4.35. The number of carbonyl (C=O) groups is 3. The molecule has 0 spiro atoms. The zero-order chi connectivity index (χ0) is 18.0. The first-order chi connectivity index (χ1) is 12.0. The molecule has 1 aromatic carbocycles. The molecule has 0 radical (unpaired) electrons. The molecule has 1 aromatic heterocycles. The van der Waals surface area contributed by atoms with Gasteiger partial charge in [0.15, 0.2) is 0 Å². The van der Waals surface area contributed by atoms with Gasteiger partial charge >= 0.3 is 11.9 Å². The van der Waals surface area contributed by atoms with Crippen molar-refractivity contribution in [2.75, 3.05) is 6.61 Å². The van der Waals surface area contributed by atoms with E-state index in [1.54, 1.807) is 25.1 Å². The summed E-state index contributed by atoms with van der Waals surface area (Å²) in [5.41, 5.74) is 0.930. The molecule has 3 rings (SSSR count). The molecule has 1 saturated heterocycles. The summed E-state index contributed by atoms with van der Waals surface area (Å²) in [6.07, 6.45) is 0.704. The van der Waals surface area contributed by atoms with Gasteiger partial charge in [0, 0.05) is 16.3 Å². The standard InChI is InChI=1S/C17H16BrNO6/c1-2-23-17(22)15-11(10-7-9(18)3-5-13(10)25-15)8-24-16(21)12-4-6-14(20)19-12/h3,5,7,12H,2,4,6,8H2,1H3,(H,19,20)/t12-/m0/s1. The summed E-state index contributed by atoms with van der Waals surface area (Å²) >= 11 is 3.37. The molecule has 1 aliphatic rings. The maximum Gasteiger partial charge on any atom is 0.374 e. The van der Waals surface area contributed by atoms with Crippen LogP contribution in [0.4, 0.5) is 0 Å². The van der Waals surface area contributed by atoms with Crippen molar-refractivity contribution in [1.82, 2.24) is 5.32 Å². The molecule has 0 bridgehead atoms. The Kier molecular flexibility index (Phi) is 5.08. The van der Waals surface area contributed by atoms with Gasteiger partial charge in [-0.15, -0.1) is 0 Å². The van der Waals surface area contributed by atoms with Crippen molar-refractivity contribution >= 4 is 44.7 Å². The van der Waals surface area contributed by atoms with Crippen molar-refractivity contribution in [2.45, 2.75) is 32.4 Å². The minimum absolute atomic E-state index is 0.0122. The summed E-state index contributed by atoms with van der Waals surface area (Å²) in [5, 5.41) is 3.21. The molecule has 7 nitrogen and oxygen atoms in total. The number of amides is 1. The summed E-state index contributed by atoms with van der Waals surface area (Å²) in [6, 6.07) is 4.63. The van der Waals surface area contributed by atoms with E-state index < -0.39 is 18.0 Å². The van der Waals surface area contributed by atoms with Crippen molar-refractivity contribution in [3.8, 4) is 0 Å². The molecule has 1 atom stereocenters. The summed E-state index contributed by atoms with van der Waals surface area (Å²) in [4.78, 5) is 35.5. The molecule has 0 saturated carbocycles. The number of ether oxygens (including phenoxy) is 2. The molecule has 2 aromatic rings. The van der Waals surface area contributed by atoms with E-state index >= 15 is 0 Å². The van der Waals surface area contributed by atoms with E-state index in [0.717, 1.165) is 4.47 Å². The third kappa shape index (κ3) is 3.68. The fraction of sp³-hybridized carbons (Fsp3) is 0.353. The number of nitrogens with one attached hydrogen (secondary N) is 1. The van der Waals surface area contributed by atoms with Crippen LogP contribution in [-0.4, -0.2) is 30.5 Å². The molecule has 25 heavy (non-hydrogen) atoms. The molecular formula is C17H16BrNO6. The highest BCUT2D eigenvalue weighted by molar-refractivity contribution is 9.10. The topological polar surface area (TPSA) is 94.8 Å². The van der Waals surface area contributed by atoms with Crippen molar-refractivity contribution in [3.63, 3.8) is 0 Å². The van der Waals surface area contributed by atoms with E-state index in [1.165, 1.54) is 0 Å². The van der Waals surface area contributed by atoms with Crippen molar-refractivity contribution < 1.29 is 28.3 Å². The number of hydrogen-bond acceptors (Lipinski definition) is 6. The van der Waals surface area contributed by atoms with Crippen molar-refractivity contribution in [2.24, 2.45) is 0 Å². The maximum atomic E-state index is 12.1. The average molecular weight is 410 g/mol. The molecule has 0 unspecified atom stereocenters. The van der Waals surface area contributed by atoms with Crippen LogP contribution in [0.15, 0.2) is 27.1 Å². The molecule has 1 amide bonds. The number of rotatable bonds is 5. The summed E-state index contributed by atoms with van der Waals surface area (Å²) in [6.45, 7) is 1.75. The number of benzene rings is 1. The summed E-state index contributed by atoms with van der Waals surface area (Å²) in [7, 11) is 0.